The highest BCUT2D eigenvalue weighted by Crippen LogP contribution is 2.36. The van der Waals surface area contributed by atoms with Crippen LogP contribution in [0.5, 0.6) is 0 Å². The van der Waals surface area contributed by atoms with Crippen molar-refractivity contribution in [3.63, 3.8) is 0 Å². The van der Waals surface area contributed by atoms with E-state index in [2.05, 4.69) is 4.74 Å². The van der Waals surface area contributed by atoms with Crippen LogP contribution in [0.1, 0.15) is 0 Å². The Morgan fingerprint density at radius 1 is 0.673 bits per heavy atom. The molecule has 3 fully saturated rings. The molecule has 52 heavy (non-hydrogen) atoms. The maximum atomic E-state index is 10.7. The number of rotatable bonds is 6. The van der Waals surface area contributed by atoms with Crippen LogP contribution in [0.3, 0.4) is 0 Å². The zero-order chi connectivity index (χ0) is 36.4. The topological polar surface area (TPSA) is 259 Å². The van der Waals surface area contributed by atoms with Crippen molar-refractivity contribution in [3.8, 4) is 0 Å². The Bertz CT molecular complexity index is 1740. The van der Waals surface area contributed by atoms with Crippen LogP contribution in [0.15, 0.2) is 84.9 Å². The molecule has 4 aromatic carbocycles. The highest BCUT2D eigenvalue weighted by atomic mass is 35.5. The molecule has 11 atom stereocenters. The zero-order valence-electron chi connectivity index (χ0n) is 27.8. The lowest BCUT2D eigenvalue weighted by Crippen LogP contribution is -2.53. The van der Waals surface area contributed by atoms with Gasteiger partial charge >= 0.3 is 12.7 Å². The molecule has 15 nitrogen and oxygen atoms in total. The molecule has 0 spiro atoms. The Hall–Kier alpha value is -2.62. The van der Waals surface area contributed by atoms with E-state index >= 15 is 0 Å². The third kappa shape index (κ3) is 9.54. The Balaban J connectivity index is 0.000000224. The highest BCUT2D eigenvalue weighted by Gasteiger charge is 2.55. The fraction of sp³-hybridized carbons (Fsp3) is 0.364. The largest absolute Gasteiger partial charge is 0.567 e. The second kappa shape index (κ2) is 18.1. The van der Waals surface area contributed by atoms with Crippen LogP contribution in [-0.4, -0.2) is 143 Å². The molecule has 19 heteroatoms. The van der Waals surface area contributed by atoms with E-state index < -0.39 is 87.3 Å². The lowest BCUT2D eigenvalue weighted by Gasteiger charge is -2.33. The molecular weight excluding hydrogens is 729 g/mol. The number of hydrogen-bond acceptors (Lipinski definition) is 15. The van der Waals surface area contributed by atoms with Crippen molar-refractivity contribution in [2.45, 2.75) is 61.4 Å². The van der Waals surface area contributed by atoms with E-state index in [1.807, 2.05) is 60.7 Å². The molecule has 0 aliphatic carbocycles. The van der Waals surface area contributed by atoms with Crippen LogP contribution in [0.4, 0.5) is 0 Å². The first kappa shape index (κ1) is 43.8. The number of benzene rings is 4. The van der Waals surface area contributed by atoms with Gasteiger partial charge in [-0.15, -0.1) is 23.3 Å². The molecule has 11 N–H and O–H groups in total. The summed E-state index contributed by atoms with van der Waals surface area (Å²) in [5.41, 5.74) is 0.781. The van der Waals surface area contributed by atoms with Gasteiger partial charge in [-0.25, -0.2) is 0 Å². The molecule has 0 aromatic heterocycles. The molecule has 4 aromatic rings. The van der Waals surface area contributed by atoms with Gasteiger partial charge in [0.2, 0.25) is 0 Å². The monoisotopic (exact) mass is 771 g/mol. The molecule has 286 valence electrons. The average molecular weight is 772 g/mol. The van der Waals surface area contributed by atoms with Gasteiger partial charge in [-0.3, -0.25) is 0 Å². The number of halogens is 2. The van der Waals surface area contributed by atoms with Gasteiger partial charge in [-0.2, -0.15) is 0 Å². The number of ether oxygens (including phenoxy) is 2. The van der Waals surface area contributed by atoms with Gasteiger partial charge in [0, 0.05) is 7.43 Å². The predicted molar refractivity (Wildman–Crippen MR) is 195 cm³/mol. The van der Waals surface area contributed by atoms with Gasteiger partial charge in [0.15, 0.2) is 6.29 Å². The smallest absolute Gasteiger partial charge is 0.409 e. The van der Waals surface area contributed by atoms with Crippen LogP contribution in [0.2, 0.25) is 0 Å². The number of hydrogen-bond donors (Lipinski definition) is 11. The molecule has 3 aliphatic rings. The highest BCUT2D eigenvalue weighted by molar-refractivity contribution is 7.18. The van der Waals surface area contributed by atoms with Gasteiger partial charge < -0.3 is 86.2 Å². The Kier molecular flexibility index (Phi) is 15.3. The summed E-state index contributed by atoms with van der Waals surface area (Å²) in [5.74, 6) is -2.91. The maximum Gasteiger partial charge on any atom is 0.409 e. The third-order valence-corrected chi connectivity index (χ3v) is 8.95. The molecule has 0 bridgehead atoms. The molecular formula is C33H43B2Cl2O15-. The molecule has 0 saturated carbocycles. The van der Waals surface area contributed by atoms with E-state index in [9.17, 15) is 25.3 Å². The van der Waals surface area contributed by atoms with Crippen LogP contribution in [0.25, 0.3) is 21.5 Å². The number of aliphatic hydroxyl groups is 8. The Morgan fingerprint density at radius 2 is 1.17 bits per heavy atom. The van der Waals surface area contributed by atoms with Gasteiger partial charge in [-0.05, 0) is 21.5 Å². The van der Waals surface area contributed by atoms with Crippen LogP contribution in [0, 0.1) is 7.43 Å². The molecule has 3 aliphatic heterocycles. The van der Waals surface area contributed by atoms with E-state index in [1.54, 1.807) is 24.3 Å². The minimum Gasteiger partial charge on any atom is -0.567 e. The summed E-state index contributed by atoms with van der Waals surface area (Å²) in [5, 5.41) is 106. The van der Waals surface area contributed by atoms with Gasteiger partial charge in [0.25, 0.3) is 0 Å². The van der Waals surface area contributed by atoms with Crippen LogP contribution >= 0.6 is 23.9 Å². The van der Waals surface area contributed by atoms with E-state index in [4.69, 9.17) is 56.1 Å². The molecule has 0 radical (unpaired) electrons. The Labute approximate surface area is 310 Å². The van der Waals surface area contributed by atoms with Crippen molar-refractivity contribution in [2.24, 2.45) is 0 Å². The summed E-state index contributed by atoms with van der Waals surface area (Å²) >= 11 is 5.43. The minimum absolute atomic E-state index is 0. The zero-order valence-corrected chi connectivity index (χ0v) is 29.3. The van der Waals surface area contributed by atoms with Crippen molar-refractivity contribution >= 4 is 69.1 Å². The minimum atomic E-state index is -2.91. The third-order valence-electron chi connectivity index (χ3n) is 8.69. The average Bonchev–Trinajstić information content (AvgIpc) is 3.71. The van der Waals surface area contributed by atoms with E-state index in [-0.39, 0.29) is 19.8 Å². The van der Waals surface area contributed by atoms with E-state index in [0.29, 0.717) is 10.9 Å². The maximum absolute atomic E-state index is 10.7. The summed E-state index contributed by atoms with van der Waals surface area (Å²) in [6.07, 6.45) is -12.2. The standard InChI is InChI=1S/C16H18BO7.C10H9BClO2.C6H12O6.CH3.ClH/c18-8-12(19)14-13(20)15-16(22-14)24-17(21,23-15)11-6-5-9-3-1-2-4-10(9)7-11;12-11(13,14)10-6-5-8-3-1-2-4-9(8)7-10;7-1-2(8)5-3(9)4(10)6(11)12-5;;/h1-7,12-16,18-21H,8H2;1-7,13-14H;2-11H,1H2;1H3;1H/q2*-1;;+1;/t12-,13-,14+,15-,16+,17?;;2-,3+,4-,5+,6-;;/m0.0../s1. The van der Waals surface area contributed by atoms with Gasteiger partial charge in [0.1, 0.15) is 49.0 Å². The van der Waals surface area contributed by atoms with Gasteiger partial charge in [-0.1, -0.05) is 84.9 Å². The molecule has 3 heterocycles. The van der Waals surface area contributed by atoms with Gasteiger partial charge in [0.05, 0.1) is 19.3 Å². The second-order valence-electron chi connectivity index (χ2n) is 12.2. The summed E-state index contributed by atoms with van der Waals surface area (Å²) in [6.45, 7) is -3.95. The fourth-order valence-corrected chi connectivity index (χ4v) is 6.03. The quantitative estimate of drug-likeness (QED) is 0.0728. The normalized spacial score (nSPS) is 30.5. The molecule has 1 unspecified atom stereocenters. The van der Waals surface area contributed by atoms with Crippen LogP contribution in [-0.2, 0) is 18.8 Å². The van der Waals surface area contributed by atoms with Crippen molar-refractivity contribution < 1.29 is 74.7 Å². The number of aliphatic hydroxyl groups excluding tert-OH is 8. The van der Waals surface area contributed by atoms with Crippen molar-refractivity contribution in [1.29, 1.82) is 0 Å². The first-order chi connectivity index (χ1) is 23.7. The summed E-state index contributed by atoms with van der Waals surface area (Å²) in [4.78, 5) is 0. The second-order valence-corrected chi connectivity index (χ2v) is 12.8. The van der Waals surface area contributed by atoms with E-state index in [1.165, 1.54) is 0 Å². The lowest BCUT2D eigenvalue weighted by atomic mass is 9.69. The fourth-order valence-electron chi connectivity index (χ4n) is 5.90. The predicted octanol–water partition coefficient (Wildman–Crippen LogP) is -2.31. The first-order valence-corrected chi connectivity index (χ1v) is 16.2. The van der Waals surface area contributed by atoms with Crippen LogP contribution < -0.4 is 10.9 Å². The van der Waals surface area contributed by atoms with E-state index in [0.717, 1.165) is 21.5 Å². The lowest BCUT2D eigenvalue weighted by molar-refractivity contribution is -0.150. The first-order valence-electron chi connectivity index (χ1n) is 15.8. The summed E-state index contributed by atoms with van der Waals surface area (Å²) in [7, 11) is 0. The number of fused-ring (bicyclic) bond motifs is 3. The summed E-state index contributed by atoms with van der Waals surface area (Å²) < 4.78 is 21.1. The SMILES string of the molecule is Cl.OC[C@H](O)[C@H]1O[C@@H]2O[B-](O)(c3ccc4ccccc4c3)O[C@H]2[C@H]1O.OC[C@H](O)[C@H]1O[C@H](O)[C@@H](O)[C@H]1O.O[B-](O)(Cl)c1ccc2ccccc2c1.[CH3+]. The summed E-state index contributed by atoms with van der Waals surface area (Å²) in [6, 6.07) is 25.8. The molecule has 0 amide bonds. The Morgan fingerprint density at radius 3 is 1.65 bits per heavy atom. The van der Waals surface area contributed by atoms with Crippen molar-refractivity contribution in [3.05, 3.63) is 92.4 Å². The van der Waals surface area contributed by atoms with Crippen molar-refractivity contribution in [2.75, 3.05) is 13.2 Å². The molecule has 3 saturated heterocycles. The van der Waals surface area contributed by atoms with Crippen molar-refractivity contribution in [1.82, 2.24) is 0 Å². The molecule has 7 rings (SSSR count).